The number of carbonyl (C=O) groups excluding carboxylic acids is 1. The molecule has 0 unspecified atom stereocenters. The lowest BCUT2D eigenvalue weighted by molar-refractivity contribution is 0.0580. The van der Waals surface area contributed by atoms with Crippen molar-refractivity contribution in [1.29, 1.82) is 0 Å². The number of amides is 1. The van der Waals surface area contributed by atoms with Crippen molar-refractivity contribution in [2.24, 2.45) is 0 Å². The zero-order valence-electron chi connectivity index (χ0n) is 11.8. The fourth-order valence-corrected chi connectivity index (χ4v) is 2.04. The molecule has 0 radical (unpaired) electrons. The number of aromatic hydroxyl groups is 1. The highest BCUT2D eigenvalue weighted by molar-refractivity contribution is 5.94. The van der Waals surface area contributed by atoms with Crippen molar-refractivity contribution in [2.45, 2.75) is 26.4 Å². The van der Waals surface area contributed by atoms with Crippen molar-refractivity contribution in [1.82, 2.24) is 0 Å². The summed E-state index contributed by atoms with van der Waals surface area (Å²) in [6, 6.07) is 4.98. The number of benzene rings is 1. The molecule has 1 amide bonds. The number of carbonyl (C=O) groups is 1. The van der Waals surface area contributed by atoms with Gasteiger partial charge in [0.1, 0.15) is 11.4 Å². The second-order valence-corrected chi connectivity index (χ2v) is 5.73. The Morgan fingerprint density at radius 1 is 1.26 bits per heavy atom. The molecule has 19 heavy (non-hydrogen) atoms. The molecule has 5 nitrogen and oxygen atoms in total. The van der Waals surface area contributed by atoms with Crippen LogP contribution in [-0.2, 0) is 4.74 Å². The highest BCUT2D eigenvalue weighted by Crippen LogP contribution is 2.35. The van der Waals surface area contributed by atoms with Gasteiger partial charge in [-0.05, 0) is 32.9 Å². The average Bonchev–Trinajstić information content (AvgIpc) is 2.27. The minimum absolute atomic E-state index is 0.191. The molecule has 1 N–H and O–H groups in total. The van der Waals surface area contributed by atoms with E-state index in [0.29, 0.717) is 13.1 Å². The van der Waals surface area contributed by atoms with Crippen molar-refractivity contribution in [3.8, 4) is 5.75 Å². The Kier molecular flexibility index (Phi) is 3.30. The monoisotopic (exact) mass is 264 g/mol. The first-order valence-electron chi connectivity index (χ1n) is 6.32. The second kappa shape index (κ2) is 4.64. The fraction of sp³-hybridized carbons (Fsp3) is 0.500. The number of rotatable bonds is 0. The third-order valence-corrected chi connectivity index (χ3v) is 2.93. The second-order valence-electron chi connectivity index (χ2n) is 5.73. The summed E-state index contributed by atoms with van der Waals surface area (Å²) < 4.78 is 5.41. The number of nitrogens with zero attached hydrogens (tertiary/aromatic N) is 2. The summed E-state index contributed by atoms with van der Waals surface area (Å²) in [6.45, 7) is 6.81. The predicted molar refractivity (Wildman–Crippen MR) is 75.0 cm³/mol. The van der Waals surface area contributed by atoms with Crippen molar-refractivity contribution in [3.63, 3.8) is 0 Å². The van der Waals surface area contributed by atoms with Crippen molar-refractivity contribution >= 4 is 17.5 Å². The number of anilines is 2. The Bertz CT molecular complexity index is 494. The van der Waals surface area contributed by atoms with Crippen LogP contribution in [0, 0.1) is 0 Å². The van der Waals surface area contributed by atoms with Gasteiger partial charge in [0, 0.05) is 26.2 Å². The Morgan fingerprint density at radius 2 is 1.95 bits per heavy atom. The van der Waals surface area contributed by atoms with Gasteiger partial charge in [0.05, 0.1) is 11.4 Å². The summed E-state index contributed by atoms with van der Waals surface area (Å²) in [5.74, 6) is 0.191. The molecule has 1 aliphatic rings. The largest absolute Gasteiger partial charge is 0.508 e. The lowest BCUT2D eigenvalue weighted by Gasteiger charge is -2.36. The summed E-state index contributed by atoms with van der Waals surface area (Å²) in [4.78, 5) is 15.8. The van der Waals surface area contributed by atoms with Gasteiger partial charge in [-0.1, -0.05) is 0 Å². The van der Waals surface area contributed by atoms with Crippen LogP contribution in [0.1, 0.15) is 20.8 Å². The van der Waals surface area contributed by atoms with Gasteiger partial charge < -0.3 is 14.7 Å². The standard InChI is InChI=1S/C14H20N2O3/c1-14(2,3)19-13(18)16-8-7-15(4)12-9-10(17)5-6-11(12)16/h5-6,9,17H,7-8H2,1-4H3. The molecule has 0 aliphatic carbocycles. The molecule has 5 heteroatoms. The fourth-order valence-electron chi connectivity index (χ4n) is 2.04. The Balaban J connectivity index is 2.31. The third kappa shape index (κ3) is 2.92. The lowest BCUT2D eigenvalue weighted by Crippen LogP contribution is -2.44. The smallest absolute Gasteiger partial charge is 0.414 e. The van der Waals surface area contributed by atoms with Crippen LogP contribution in [0.3, 0.4) is 0 Å². The summed E-state index contributed by atoms with van der Waals surface area (Å²) in [5, 5.41) is 9.56. The Labute approximate surface area is 113 Å². The van der Waals surface area contributed by atoms with Crippen LogP contribution >= 0.6 is 0 Å². The number of phenols is 1. The number of likely N-dealkylation sites (N-methyl/N-ethyl adjacent to an activating group) is 1. The van der Waals surface area contributed by atoms with E-state index >= 15 is 0 Å². The van der Waals surface area contributed by atoms with Crippen molar-refractivity contribution in [3.05, 3.63) is 18.2 Å². The normalized spacial score (nSPS) is 15.2. The quantitative estimate of drug-likeness (QED) is 0.782. The van der Waals surface area contributed by atoms with E-state index in [-0.39, 0.29) is 11.8 Å². The first kappa shape index (κ1) is 13.5. The Hall–Kier alpha value is -1.91. The van der Waals surface area contributed by atoms with Gasteiger partial charge >= 0.3 is 6.09 Å². The minimum Gasteiger partial charge on any atom is -0.508 e. The minimum atomic E-state index is -0.516. The molecular formula is C14H20N2O3. The molecule has 0 saturated carbocycles. The average molecular weight is 264 g/mol. The van der Waals surface area contributed by atoms with E-state index in [1.54, 1.807) is 23.1 Å². The molecule has 1 heterocycles. The van der Waals surface area contributed by atoms with Gasteiger partial charge in [-0.15, -0.1) is 0 Å². The summed E-state index contributed by atoms with van der Waals surface area (Å²) in [5.41, 5.74) is 1.08. The molecule has 0 spiro atoms. The third-order valence-electron chi connectivity index (χ3n) is 2.93. The molecular weight excluding hydrogens is 244 g/mol. The first-order valence-corrected chi connectivity index (χ1v) is 6.32. The van der Waals surface area contributed by atoms with Gasteiger partial charge in [0.25, 0.3) is 0 Å². The maximum atomic E-state index is 12.2. The highest BCUT2D eigenvalue weighted by Gasteiger charge is 2.29. The van der Waals surface area contributed by atoms with E-state index < -0.39 is 5.60 Å². The van der Waals surface area contributed by atoms with Gasteiger partial charge in [-0.3, -0.25) is 4.90 Å². The number of ether oxygens (including phenoxy) is 1. The maximum Gasteiger partial charge on any atom is 0.414 e. The van der Waals surface area contributed by atoms with E-state index in [1.165, 1.54) is 0 Å². The molecule has 104 valence electrons. The van der Waals surface area contributed by atoms with Crippen LogP contribution in [0.4, 0.5) is 16.2 Å². The van der Waals surface area contributed by atoms with E-state index in [9.17, 15) is 9.90 Å². The number of fused-ring (bicyclic) bond motifs is 1. The summed E-state index contributed by atoms with van der Waals surface area (Å²) in [6.07, 6.45) is -0.354. The van der Waals surface area contributed by atoms with Crippen LogP contribution in [0.15, 0.2) is 18.2 Å². The lowest BCUT2D eigenvalue weighted by atomic mass is 10.1. The Morgan fingerprint density at radius 3 is 2.58 bits per heavy atom. The van der Waals surface area contributed by atoms with E-state index in [4.69, 9.17) is 4.74 Å². The van der Waals surface area contributed by atoms with Gasteiger partial charge in [0.2, 0.25) is 0 Å². The zero-order valence-corrected chi connectivity index (χ0v) is 11.8. The zero-order chi connectivity index (χ0) is 14.2. The van der Waals surface area contributed by atoms with Gasteiger partial charge in [0.15, 0.2) is 0 Å². The topological polar surface area (TPSA) is 53.0 Å². The van der Waals surface area contributed by atoms with Crippen LogP contribution < -0.4 is 9.80 Å². The van der Waals surface area contributed by atoms with Crippen LogP contribution in [0.5, 0.6) is 5.75 Å². The molecule has 1 aromatic rings. The maximum absolute atomic E-state index is 12.2. The summed E-state index contributed by atoms with van der Waals surface area (Å²) in [7, 11) is 1.94. The highest BCUT2D eigenvalue weighted by atomic mass is 16.6. The van der Waals surface area contributed by atoms with E-state index in [2.05, 4.69) is 0 Å². The molecule has 0 bridgehead atoms. The number of hydrogen-bond acceptors (Lipinski definition) is 4. The molecule has 0 saturated heterocycles. The molecule has 0 aromatic heterocycles. The number of phenolic OH excluding ortho intramolecular Hbond substituents is 1. The van der Waals surface area contributed by atoms with Crippen molar-refractivity contribution < 1.29 is 14.6 Å². The van der Waals surface area contributed by atoms with Gasteiger partial charge in [-0.25, -0.2) is 4.79 Å². The number of hydrogen-bond donors (Lipinski definition) is 1. The molecule has 0 fully saturated rings. The first-order chi connectivity index (χ1) is 8.78. The molecule has 1 aromatic carbocycles. The molecule has 2 rings (SSSR count). The van der Waals surface area contributed by atoms with E-state index in [1.807, 2.05) is 32.7 Å². The van der Waals surface area contributed by atoms with Crippen LogP contribution in [0.2, 0.25) is 0 Å². The SMILES string of the molecule is CN1CCN(C(=O)OC(C)(C)C)c2ccc(O)cc21. The molecule has 1 aliphatic heterocycles. The summed E-state index contributed by atoms with van der Waals surface area (Å²) >= 11 is 0. The predicted octanol–water partition coefficient (Wildman–Crippen LogP) is 2.58. The van der Waals surface area contributed by atoms with Crippen molar-refractivity contribution in [2.75, 3.05) is 29.9 Å². The van der Waals surface area contributed by atoms with Crippen LogP contribution in [0.25, 0.3) is 0 Å². The van der Waals surface area contributed by atoms with Gasteiger partial charge in [-0.2, -0.15) is 0 Å². The molecule has 0 atom stereocenters. The van der Waals surface area contributed by atoms with Crippen LogP contribution in [-0.4, -0.2) is 36.9 Å². The van der Waals surface area contributed by atoms with E-state index in [0.717, 1.165) is 11.4 Å².